The first kappa shape index (κ1) is 23.5. The molecule has 1 heterocycles. The summed E-state index contributed by atoms with van der Waals surface area (Å²) in [4.78, 5) is 28.1. The first-order chi connectivity index (χ1) is 16.5. The fourth-order valence-corrected chi connectivity index (χ4v) is 4.30. The molecule has 0 radical (unpaired) electrons. The Labute approximate surface area is 204 Å². The van der Waals surface area contributed by atoms with Crippen molar-refractivity contribution in [2.24, 2.45) is 0 Å². The molecule has 0 bridgehead atoms. The van der Waals surface area contributed by atoms with Crippen LogP contribution in [0.1, 0.15) is 41.4 Å². The zero-order valence-electron chi connectivity index (χ0n) is 19.2. The molecule has 2 N–H and O–H groups in total. The molecule has 2 atom stereocenters. The van der Waals surface area contributed by atoms with Crippen LogP contribution in [0.5, 0.6) is 0 Å². The number of nitrogens with zero attached hydrogens (tertiary/aromatic N) is 2. The number of rotatable bonds is 7. The number of hydrogen-bond donors (Lipinski definition) is 2. The smallest absolute Gasteiger partial charge is 0.304 e. The van der Waals surface area contributed by atoms with Gasteiger partial charge in [-0.15, -0.1) is 10.1 Å². The maximum absolute atomic E-state index is 13.0. The Balaban J connectivity index is 1.64. The Bertz CT molecular complexity index is 1170. The highest BCUT2D eigenvalue weighted by molar-refractivity contribution is 6.30. The zero-order valence-corrected chi connectivity index (χ0v) is 20.0. The summed E-state index contributed by atoms with van der Waals surface area (Å²) in [5, 5.41) is 3.45. The molecule has 1 aliphatic heterocycles. The summed E-state index contributed by atoms with van der Waals surface area (Å²) in [6, 6.07) is 23.3. The minimum Gasteiger partial charge on any atom is -0.372 e. The Hall–Kier alpha value is -3.64. The van der Waals surface area contributed by atoms with Gasteiger partial charge in [-0.3, -0.25) is 9.59 Å². The lowest BCUT2D eigenvalue weighted by molar-refractivity contribution is -0.596. The van der Waals surface area contributed by atoms with Crippen molar-refractivity contribution in [3.63, 3.8) is 0 Å². The van der Waals surface area contributed by atoms with Crippen LogP contribution in [0.25, 0.3) is 0 Å². The van der Waals surface area contributed by atoms with Crippen molar-refractivity contribution in [3.05, 3.63) is 101 Å². The van der Waals surface area contributed by atoms with Crippen LogP contribution in [0, 0.1) is 0 Å². The van der Waals surface area contributed by atoms with E-state index in [-0.39, 0.29) is 11.8 Å². The van der Waals surface area contributed by atoms with Crippen molar-refractivity contribution in [1.29, 1.82) is 0 Å². The molecule has 1 aliphatic rings. The lowest BCUT2D eigenvalue weighted by Crippen LogP contribution is -2.42. The second-order valence-electron chi connectivity index (χ2n) is 8.09. The molecule has 3 aromatic carbocycles. The normalized spacial score (nSPS) is 18.6. The fourth-order valence-electron chi connectivity index (χ4n) is 4.18. The number of halogens is 1. The van der Waals surface area contributed by atoms with Gasteiger partial charge in [0.15, 0.2) is 6.04 Å². The van der Waals surface area contributed by atoms with E-state index in [2.05, 4.69) is 41.6 Å². The fraction of sp³-hybridized carbons (Fsp3) is 0.222. The van der Waals surface area contributed by atoms with Crippen molar-refractivity contribution in [2.45, 2.75) is 25.9 Å². The molecule has 174 valence electrons. The van der Waals surface area contributed by atoms with E-state index in [9.17, 15) is 9.59 Å². The van der Waals surface area contributed by atoms with E-state index in [1.165, 1.54) is 0 Å². The number of nitrogens with one attached hydrogen (secondary N) is 2. The van der Waals surface area contributed by atoms with Crippen LogP contribution >= 0.6 is 11.6 Å². The summed E-state index contributed by atoms with van der Waals surface area (Å²) in [6.07, 6.45) is 1.90. The molecular formula is C27H28ClN4O2+. The molecule has 7 heteroatoms. The molecule has 3 aromatic rings. The Morgan fingerprint density at radius 2 is 1.65 bits per heavy atom. The van der Waals surface area contributed by atoms with Gasteiger partial charge in [0, 0.05) is 40.5 Å². The summed E-state index contributed by atoms with van der Waals surface area (Å²) in [6.45, 7) is 6.14. The summed E-state index contributed by atoms with van der Waals surface area (Å²) in [5.41, 5.74) is 6.38. The molecule has 0 aromatic heterocycles. The first-order valence-corrected chi connectivity index (χ1v) is 11.8. The van der Waals surface area contributed by atoms with E-state index < -0.39 is 12.1 Å². The lowest BCUT2D eigenvalue weighted by Gasteiger charge is -2.20. The van der Waals surface area contributed by atoms with Crippen LogP contribution in [-0.4, -0.2) is 41.8 Å². The number of anilines is 1. The van der Waals surface area contributed by atoms with Crippen molar-refractivity contribution in [3.8, 4) is 0 Å². The highest BCUT2D eigenvalue weighted by atomic mass is 35.5. The third-order valence-electron chi connectivity index (χ3n) is 5.98. The van der Waals surface area contributed by atoms with Gasteiger partial charge >= 0.3 is 5.91 Å². The van der Waals surface area contributed by atoms with Crippen LogP contribution in [0.2, 0.25) is 5.02 Å². The van der Waals surface area contributed by atoms with Crippen molar-refractivity contribution in [1.82, 2.24) is 10.7 Å². The molecule has 4 rings (SSSR count). The molecule has 1 saturated heterocycles. The highest BCUT2D eigenvalue weighted by Crippen LogP contribution is 2.26. The monoisotopic (exact) mass is 475 g/mol. The van der Waals surface area contributed by atoms with Gasteiger partial charge in [-0.1, -0.05) is 41.9 Å². The molecule has 6 nitrogen and oxygen atoms in total. The summed E-state index contributed by atoms with van der Waals surface area (Å²) in [7, 11) is 0. The third kappa shape index (κ3) is 5.13. The molecular weight excluding hydrogens is 448 g/mol. The minimum atomic E-state index is -0.767. The topological polar surface area (TPSA) is 64.5 Å². The number of hydrogen-bond acceptors (Lipinski definition) is 3. The van der Waals surface area contributed by atoms with E-state index in [1.54, 1.807) is 28.9 Å². The van der Waals surface area contributed by atoms with Crippen LogP contribution in [0.4, 0.5) is 5.69 Å². The maximum atomic E-state index is 13.0. The quantitative estimate of drug-likeness (QED) is 0.503. The van der Waals surface area contributed by atoms with Crippen LogP contribution in [0.3, 0.4) is 0 Å². The average Bonchev–Trinajstić information content (AvgIpc) is 3.16. The summed E-state index contributed by atoms with van der Waals surface area (Å²) in [5.74, 6) is -0.602. The van der Waals surface area contributed by atoms with Gasteiger partial charge in [-0.05, 0) is 62.4 Å². The van der Waals surface area contributed by atoms with Crippen LogP contribution < -0.4 is 15.6 Å². The van der Waals surface area contributed by atoms with Crippen LogP contribution in [-0.2, 0) is 4.79 Å². The van der Waals surface area contributed by atoms with Gasteiger partial charge in [0.2, 0.25) is 12.3 Å². The van der Waals surface area contributed by atoms with Gasteiger partial charge in [-0.2, -0.15) is 0 Å². The SMILES string of the molecule is CCN(CC)c1ccc(/C=[N+]2\NC(=O)[C@H](NC(=O)c3ccc(Cl)cc3)[C@@H]2c2ccccc2)cc1. The van der Waals surface area contributed by atoms with Crippen molar-refractivity contribution in [2.75, 3.05) is 18.0 Å². The van der Waals surface area contributed by atoms with Gasteiger partial charge in [0.05, 0.1) is 0 Å². The average molecular weight is 476 g/mol. The van der Waals surface area contributed by atoms with Crippen molar-refractivity contribution >= 4 is 35.3 Å². The van der Waals surface area contributed by atoms with Gasteiger partial charge < -0.3 is 10.2 Å². The van der Waals surface area contributed by atoms with Gasteiger partial charge in [0.1, 0.15) is 0 Å². The van der Waals surface area contributed by atoms with E-state index in [0.717, 1.165) is 29.9 Å². The first-order valence-electron chi connectivity index (χ1n) is 11.4. The molecule has 0 spiro atoms. The molecule has 0 saturated carbocycles. The predicted molar refractivity (Wildman–Crippen MR) is 135 cm³/mol. The summed E-state index contributed by atoms with van der Waals surface area (Å²) < 4.78 is 1.77. The Morgan fingerprint density at radius 3 is 2.26 bits per heavy atom. The van der Waals surface area contributed by atoms with Gasteiger partial charge in [-0.25, -0.2) is 0 Å². The molecule has 1 fully saturated rings. The maximum Gasteiger partial charge on any atom is 0.304 e. The standard InChI is InChI=1S/C27H27ClN4O2/c1-3-31(4-2)23-16-10-19(11-17-23)18-32-25(20-8-6-5-7-9-20)24(27(34)30-32)29-26(33)21-12-14-22(28)15-13-21/h5-18,24-25H,3-4H2,1-2H3,(H-,29,30,33,34)/p+1/t24-,25+/m1/s1. The van der Waals surface area contributed by atoms with E-state index in [4.69, 9.17) is 11.6 Å². The molecule has 0 aliphatic carbocycles. The second-order valence-corrected chi connectivity index (χ2v) is 8.53. The number of hydrazine groups is 1. The van der Waals surface area contributed by atoms with E-state index >= 15 is 0 Å². The predicted octanol–water partition coefficient (Wildman–Crippen LogP) is 4.20. The molecule has 34 heavy (non-hydrogen) atoms. The minimum absolute atomic E-state index is 0.271. The number of hydrazone groups is 1. The van der Waals surface area contributed by atoms with Gasteiger partial charge in [0.25, 0.3) is 5.91 Å². The zero-order chi connectivity index (χ0) is 24.1. The van der Waals surface area contributed by atoms with Crippen molar-refractivity contribution < 1.29 is 14.3 Å². The number of carbonyl (C=O) groups excluding carboxylic acids is 2. The van der Waals surface area contributed by atoms with Crippen LogP contribution in [0.15, 0.2) is 78.9 Å². The van der Waals surface area contributed by atoms with E-state index in [1.807, 2.05) is 48.7 Å². The largest absolute Gasteiger partial charge is 0.372 e. The highest BCUT2D eigenvalue weighted by Gasteiger charge is 2.47. The Kier molecular flexibility index (Phi) is 7.28. The number of amides is 2. The third-order valence-corrected chi connectivity index (χ3v) is 6.23. The molecule has 0 unspecified atom stereocenters. The molecule has 2 amide bonds. The number of benzene rings is 3. The second kappa shape index (κ2) is 10.5. The number of carbonyl (C=O) groups is 2. The Morgan fingerprint density at radius 1 is 1.00 bits per heavy atom. The van der Waals surface area contributed by atoms with E-state index in [0.29, 0.717) is 10.6 Å². The lowest BCUT2D eigenvalue weighted by atomic mass is 10.00. The summed E-state index contributed by atoms with van der Waals surface area (Å²) >= 11 is 5.94.